The Labute approximate surface area is 157 Å². The zero-order valence-electron chi connectivity index (χ0n) is 15.2. The molecule has 4 aromatic rings. The van der Waals surface area contributed by atoms with Gasteiger partial charge in [-0.3, -0.25) is 4.98 Å². The minimum atomic E-state index is -0.232. The summed E-state index contributed by atoms with van der Waals surface area (Å²) in [6.45, 7) is 1.71. The number of benzene rings is 1. The van der Waals surface area contributed by atoms with Gasteiger partial charge in [-0.25, -0.2) is 9.37 Å². The number of aromatic amines is 1. The first-order chi connectivity index (χ1) is 13.2. The molecule has 4 rings (SSSR count). The molecule has 1 N–H and O–H groups in total. The first kappa shape index (κ1) is 17.4. The van der Waals surface area contributed by atoms with Gasteiger partial charge < -0.3 is 9.88 Å². The minimum absolute atomic E-state index is 0.232. The zero-order chi connectivity index (χ0) is 18.6. The molecule has 3 aromatic heterocycles. The Kier molecular flexibility index (Phi) is 4.94. The van der Waals surface area contributed by atoms with Gasteiger partial charge in [0.15, 0.2) is 0 Å². The predicted octanol–water partition coefficient (Wildman–Crippen LogP) is 4.44. The molecule has 0 bridgehead atoms. The van der Waals surface area contributed by atoms with Crippen molar-refractivity contribution in [3.05, 3.63) is 84.1 Å². The van der Waals surface area contributed by atoms with Gasteiger partial charge in [0.1, 0.15) is 11.5 Å². The molecule has 0 spiro atoms. The summed E-state index contributed by atoms with van der Waals surface area (Å²) in [5, 5.41) is 1.10. The van der Waals surface area contributed by atoms with E-state index in [9.17, 15) is 4.39 Å². The molecule has 0 amide bonds. The molecule has 0 aliphatic rings. The highest BCUT2D eigenvalue weighted by Crippen LogP contribution is 2.30. The minimum Gasteiger partial charge on any atom is -0.339 e. The Morgan fingerprint density at radius 3 is 2.56 bits per heavy atom. The van der Waals surface area contributed by atoms with Crippen molar-refractivity contribution in [1.82, 2.24) is 19.9 Å². The van der Waals surface area contributed by atoms with Gasteiger partial charge in [-0.05, 0) is 73.1 Å². The topological polar surface area (TPSA) is 44.8 Å². The highest BCUT2D eigenvalue weighted by atomic mass is 19.1. The fourth-order valence-electron chi connectivity index (χ4n) is 3.32. The summed E-state index contributed by atoms with van der Waals surface area (Å²) < 4.78 is 13.3. The van der Waals surface area contributed by atoms with Crippen molar-refractivity contribution in [3.63, 3.8) is 0 Å². The molecule has 0 radical (unpaired) electrons. The summed E-state index contributed by atoms with van der Waals surface area (Å²) in [5.74, 6) is -0.232. The number of hydrogen-bond acceptors (Lipinski definition) is 3. The van der Waals surface area contributed by atoms with Crippen LogP contribution in [0.4, 0.5) is 4.39 Å². The number of hydrogen-bond donors (Lipinski definition) is 1. The van der Waals surface area contributed by atoms with Crippen LogP contribution in [-0.4, -0.2) is 33.4 Å². The summed E-state index contributed by atoms with van der Waals surface area (Å²) in [5.41, 5.74) is 5.28. The largest absolute Gasteiger partial charge is 0.339 e. The molecule has 5 heteroatoms. The number of rotatable bonds is 6. The average molecular weight is 360 g/mol. The fraction of sp³-hybridized carbons (Fsp3) is 0.182. The molecule has 4 nitrogen and oxygen atoms in total. The fourth-order valence-corrected chi connectivity index (χ4v) is 3.32. The van der Waals surface area contributed by atoms with E-state index in [2.05, 4.69) is 33.0 Å². The van der Waals surface area contributed by atoms with Gasteiger partial charge in [0.25, 0.3) is 0 Å². The molecule has 0 atom stereocenters. The van der Waals surface area contributed by atoms with Crippen molar-refractivity contribution in [1.29, 1.82) is 0 Å². The maximum atomic E-state index is 13.3. The third-order valence-electron chi connectivity index (χ3n) is 4.77. The van der Waals surface area contributed by atoms with Crippen LogP contribution in [0.25, 0.3) is 22.3 Å². The number of fused-ring (bicyclic) bond motifs is 1. The second-order valence-electron chi connectivity index (χ2n) is 6.73. The van der Waals surface area contributed by atoms with Crippen molar-refractivity contribution in [2.24, 2.45) is 0 Å². The normalized spacial score (nSPS) is 11.4. The Balaban J connectivity index is 1.61. The van der Waals surface area contributed by atoms with Gasteiger partial charge in [-0.2, -0.15) is 0 Å². The smallest absolute Gasteiger partial charge is 0.138 e. The van der Waals surface area contributed by atoms with E-state index in [1.807, 2.05) is 30.6 Å². The number of nitrogens with one attached hydrogen (secondary N) is 1. The van der Waals surface area contributed by atoms with Crippen molar-refractivity contribution in [2.75, 3.05) is 13.6 Å². The molecule has 0 unspecified atom stereocenters. The van der Waals surface area contributed by atoms with E-state index in [-0.39, 0.29) is 5.82 Å². The molecular weight excluding hydrogens is 339 g/mol. The van der Waals surface area contributed by atoms with Crippen molar-refractivity contribution in [2.45, 2.75) is 13.0 Å². The number of aromatic nitrogens is 3. The maximum Gasteiger partial charge on any atom is 0.138 e. The quantitative estimate of drug-likeness (QED) is 0.553. The van der Waals surface area contributed by atoms with Gasteiger partial charge in [0, 0.05) is 42.6 Å². The van der Waals surface area contributed by atoms with E-state index in [4.69, 9.17) is 0 Å². The number of nitrogens with zero attached hydrogens (tertiary/aromatic N) is 3. The maximum absolute atomic E-state index is 13.3. The van der Waals surface area contributed by atoms with Crippen LogP contribution in [0.5, 0.6) is 0 Å². The van der Waals surface area contributed by atoms with E-state index in [1.165, 1.54) is 23.3 Å². The first-order valence-corrected chi connectivity index (χ1v) is 8.99. The van der Waals surface area contributed by atoms with E-state index in [0.717, 1.165) is 41.8 Å². The molecule has 0 saturated heterocycles. The van der Waals surface area contributed by atoms with Crippen LogP contribution in [0.15, 0.2) is 67.1 Å². The second-order valence-corrected chi connectivity index (χ2v) is 6.73. The lowest BCUT2D eigenvalue weighted by molar-refractivity contribution is 0.333. The third kappa shape index (κ3) is 3.88. The summed E-state index contributed by atoms with van der Waals surface area (Å²) >= 11 is 0. The standard InChI is InChI=1S/C22H21FN4/c1-27(14-10-16-8-12-24-13-9-16)15-20-19-3-2-11-25-22(19)26-21(20)17-4-6-18(23)7-5-17/h2-9,11-13H,10,14-15H2,1H3,(H,25,26). The molecule has 0 fully saturated rings. The zero-order valence-corrected chi connectivity index (χ0v) is 15.2. The van der Waals surface area contributed by atoms with Crippen LogP contribution >= 0.6 is 0 Å². The van der Waals surface area contributed by atoms with Gasteiger partial charge in [0.05, 0.1) is 5.69 Å². The van der Waals surface area contributed by atoms with E-state index < -0.39 is 0 Å². The highest BCUT2D eigenvalue weighted by molar-refractivity contribution is 5.88. The molecule has 3 heterocycles. The van der Waals surface area contributed by atoms with E-state index in [1.54, 1.807) is 18.3 Å². The van der Waals surface area contributed by atoms with Gasteiger partial charge >= 0.3 is 0 Å². The molecule has 0 aliphatic carbocycles. The molecule has 27 heavy (non-hydrogen) atoms. The number of halogens is 1. The lowest BCUT2D eigenvalue weighted by Gasteiger charge is -2.17. The first-order valence-electron chi connectivity index (χ1n) is 8.99. The van der Waals surface area contributed by atoms with Gasteiger partial charge in [0.2, 0.25) is 0 Å². The molecular formula is C22H21FN4. The molecule has 0 saturated carbocycles. The summed E-state index contributed by atoms with van der Waals surface area (Å²) in [7, 11) is 2.12. The lowest BCUT2D eigenvalue weighted by atomic mass is 10.1. The summed E-state index contributed by atoms with van der Waals surface area (Å²) in [6.07, 6.45) is 6.40. The Hall–Kier alpha value is -3.05. The Bertz CT molecular complexity index is 1030. The van der Waals surface area contributed by atoms with Gasteiger partial charge in [-0.15, -0.1) is 0 Å². The van der Waals surface area contributed by atoms with Crippen LogP contribution in [0.1, 0.15) is 11.1 Å². The molecule has 136 valence electrons. The van der Waals surface area contributed by atoms with Gasteiger partial charge in [-0.1, -0.05) is 0 Å². The van der Waals surface area contributed by atoms with E-state index >= 15 is 0 Å². The van der Waals surface area contributed by atoms with Crippen molar-refractivity contribution < 1.29 is 4.39 Å². The van der Waals surface area contributed by atoms with Crippen LogP contribution in [0, 0.1) is 5.82 Å². The van der Waals surface area contributed by atoms with Crippen molar-refractivity contribution >= 4 is 11.0 Å². The van der Waals surface area contributed by atoms with Crippen LogP contribution < -0.4 is 0 Å². The Morgan fingerprint density at radius 2 is 1.78 bits per heavy atom. The SMILES string of the molecule is CN(CCc1ccncc1)Cc1c(-c2ccc(F)cc2)[nH]c2ncccc12. The third-order valence-corrected chi connectivity index (χ3v) is 4.77. The second kappa shape index (κ2) is 7.68. The number of pyridine rings is 2. The van der Waals surface area contributed by atoms with Crippen LogP contribution in [0.2, 0.25) is 0 Å². The monoisotopic (exact) mass is 360 g/mol. The average Bonchev–Trinajstić information content (AvgIpc) is 3.06. The molecule has 0 aliphatic heterocycles. The summed E-state index contributed by atoms with van der Waals surface area (Å²) in [4.78, 5) is 14.2. The lowest BCUT2D eigenvalue weighted by Crippen LogP contribution is -2.21. The number of likely N-dealkylation sites (N-methyl/N-ethyl adjacent to an activating group) is 1. The molecule has 1 aromatic carbocycles. The van der Waals surface area contributed by atoms with Crippen molar-refractivity contribution in [3.8, 4) is 11.3 Å². The Morgan fingerprint density at radius 1 is 1.00 bits per heavy atom. The van der Waals surface area contributed by atoms with Crippen LogP contribution in [-0.2, 0) is 13.0 Å². The highest BCUT2D eigenvalue weighted by Gasteiger charge is 2.15. The number of H-pyrrole nitrogens is 1. The van der Waals surface area contributed by atoms with Crippen LogP contribution in [0.3, 0.4) is 0 Å². The summed E-state index contributed by atoms with van der Waals surface area (Å²) in [6, 6.07) is 14.7. The predicted molar refractivity (Wildman–Crippen MR) is 106 cm³/mol. The van der Waals surface area contributed by atoms with E-state index in [0.29, 0.717) is 0 Å².